The Morgan fingerprint density at radius 1 is 1.21 bits per heavy atom. The van der Waals surface area contributed by atoms with Gasteiger partial charge in [0.05, 0.1) is 24.9 Å². The fraction of sp³-hybridized carbons (Fsp3) is 0.722. The number of carbonyl (C=O) groups is 1. The number of hydrogen-bond donors (Lipinski definition) is 1. The van der Waals surface area contributed by atoms with Gasteiger partial charge in [-0.05, 0) is 38.5 Å². The first kappa shape index (κ1) is 15.8. The zero-order chi connectivity index (χ0) is 16.5. The second kappa shape index (κ2) is 6.67. The summed E-state index contributed by atoms with van der Waals surface area (Å²) in [5.74, 6) is 0.476. The minimum absolute atomic E-state index is 0.0267. The van der Waals surface area contributed by atoms with E-state index in [-0.39, 0.29) is 29.5 Å². The summed E-state index contributed by atoms with van der Waals surface area (Å²) in [7, 11) is 0. The number of fused-ring (bicyclic) bond motifs is 1. The van der Waals surface area contributed by atoms with Crippen molar-refractivity contribution in [3.8, 4) is 0 Å². The quantitative estimate of drug-likeness (QED) is 0.915. The molecule has 0 bridgehead atoms. The van der Waals surface area contributed by atoms with E-state index in [0.717, 1.165) is 56.2 Å². The molecule has 0 unspecified atom stereocenters. The maximum atomic E-state index is 12.4. The number of hydrogen-bond acceptors (Lipinski definition) is 4. The molecule has 24 heavy (non-hydrogen) atoms. The number of carbonyl (C=O) groups excluding carboxylic acids is 1. The van der Waals surface area contributed by atoms with Crippen molar-refractivity contribution in [1.82, 2.24) is 15.1 Å². The highest BCUT2D eigenvalue weighted by molar-refractivity contribution is 5.79. The normalized spacial score (nSPS) is 27.2. The van der Waals surface area contributed by atoms with E-state index in [1.54, 1.807) is 10.7 Å². The smallest absolute Gasteiger partial charge is 0.267 e. The first-order chi connectivity index (χ1) is 11.7. The van der Waals surface area contributed by atoms with Gasteiger partial charge in [-0.2, -0.15) is 5.10 Å². The average Bonchev–Trinajstić information content (AvgIpc) is 2.53. The lowest BCUT2D eigenvalue weighted by molar-refractivity contribution is -0.128. The molecule has 1 N–H and O–H groups in total. The Balaban J connectivity index is 1.38. The number of rotatable bonds is 3. The molecule has 0 spiro atoms. The van der Waals surface area contributed by atoms with Crippen LogP contribution < -0.4 is 10.9 Å². The van der Waals surface area contributed by atoms with E-state index in [1.807, 2.05) is 0 Å². The van der Waals surface area contributed by atoms with Crippen LogP contribution in [0.2, 0.25) is 0 Å². The van der Waals surface area contributed by atoms with Crippen LogP contribution in [0.5, 0.6) is 0 Å². The van der Waals surface area contributed by atoms with E-state index in [0.29, 0.717) is 13.2 Å². The molecular formula is C18H25N3O3. The van der Waals surface area contributed by atoms with Crippen LogP contribution in [-0.4, -0.2) is 28.3 Å². The maximum absolute atomic E-state index is 12.4. The lowest BCUT2D eigenvalue weighted by Crippen LogP contribution is -2.43. The van der Waals surface area contributed by atoms with Gasteiger partial charge in [-0.15, -0.1) is 0 Å². The lowest BCUT2D eigenvalue weighted by atomic mass is 9.84. The molecule has 4 rings (SSSR count). The molecule has 0 saturated heterocycles. The van der Waals surface area contributed by atoms with Crippen LogP contribution in [-0.2, 0) is 22.6 Å². The molecule has 2 heterocycles. The molecule has 0 atom stereocenters. The van der Waals surface area contributed by atoms with Crippen molar-refractivity contribution in [1.29, 1.82) is 0 Å². The van der Waals surface area contributed by atoms with Crippen molar-refractivity contribution in [2.45, 2.75) is 70.1 Å². The molecule has 2 aliphatic carbocycles. The summed E-state index contributed by atoms with van der Waals surface area (Å²) in [5, 5.41) is 7.80. The van der Waals surface area contributed by atoms with E-state index in [9.17, 15) is 9.59 Å². The number of amides is 1. The van der Waals surface area contributed by atoms with Gasteiger partial charge in [-0.3, -0.25) is 9.59 Å². The fourth-order valence-electron chi connectivity index (χ4n) is 3.94. The van der Waals surface area contributed by atoms with Gasteiger partial charge >= 0.3 is 0 Å². The molecule has 1 aromatic heterocycles. The molecule has 1 aliphatic heterocycles. The fourth-order valence-corrected chi connectivity index (χ4v) is 3.94. The molecule has 2 saturated carbocycles. The first-order valence-corrected chi connectivity index (χ1v) is 9.20. The van der Waals surface area contributed by atoms with E-state index in [2.05, 4.69) is 10.4 Å². The van der Waals surface area contributed by atoms with Crippen LogP contribution in [0.25, 0.3) is 0 Å². The minimum atomic E-state index is -0.0267. The largest absolute Gasteiger partial charge is 0.376 e. The number of nitrogens with one attached hydrogen (secondary N) is 1. The van der Waals surface area contributed by atoms with Crippen molar-refractivity contribution in [2.24, 2.45) is 5.92 Å². The predicted octanol–water partition coefficient (Wildman–Crippen LogP) is 1.72. The summed E-state index contributed by atoms with van der Waals surface area (Å²) in [6.45, 7) is 1.18. The standard InChI is InChI=1S/C18H25N3O3/c22-17-10-13-11-24-9-8-16(13)20-21(17)15-6-4-14(5-7-15)19-18(23)12-2-1-3-12/h10,12,14-15H,1-9,11H2,(H,19,23). The molecule has 130 valence electrons. The third-order valence-electron chi connectivity index (χ3n) is 5.73. The van der Waals surface area contributed by atoms with Gasteiger partial charge in [0.2, 0.25) is 5.91 Å². The van der Waals surface area contributed by atoms with Crippen molar-refractivity contribution in [2.75, 3.05) is 6.61 Å². The van der Waals surface area contributed by atoms with Gasteiger partial charge in [-0.1, -0.05) is 6.42 Å². The summed E-state index contributed by atoms with van der Waals surface area (Å²) in [6.07, 6.45) is 7.70. The summed E-state index contributed by atoms with van der Waals surface area (Å²) < 4.78 is 7.07. The van der Waals surface area contributed by atoms with Crippen molar-refractivity contribution in [3.05, 3.63) is 27.7 Å². The van der Waals surface area contributed by atoms with Crippen LogP contribution in [0, 0.1) is 5.92 Å². The summed E-state index contributed by atoms with van der Waals surface area (Å²) in [6, 6.07) is 2.10. The molecule has 1 amide bonds. The summed E-state index contributed by atoms with van der Waals surface area (Å²) in [4.78, 5) is 24.4. The highest BCUT2D eigenvalue weighted by Gasteiger charge is 2.30. The van der Waals surface area contributed by atoms with E-state index >= 15 is 0 Å². The Hall–Kier alpha value is -1.69. The topological polar surface area (TPSA) is 73.2 Å². The Morgan fingerprint density at radius 2 is 2.00 bits per heavy atom. The SMILES string of the molecule is O=C(NC1CCC(n2nc3c(cc2=O)COCC3)CC1)C1CCC1. The maximum Gasteiger partial charge on any atom is 0.267 e. The number of ether oxygens (including phenoxy) is 1. The minimum Gasteiger partial charge on any atom is -0.376 e. The van der Waals surface area contributed by atoms with E-state index < -0.39 is 0 Å². The van der Waals surface area contributed by atoms with Gasteiger partial charge < -0.3 is 10.1 Å². The summed E-state index contributed by atoms with van der Waals surface area (Å²) in [5.41, 5.74) is 1.91. The van der Waals surface area contributed by atoms with Crippen LogP contribution in [0.3, 0.4) is 0 Å². The van der Waals surface area contributed by atoms with Crippen LogP contribution in [0.4, 0.5) is 0 Å². The van der Waals surface area contributed by atoms with E-state index in [4.69, 9.17) is 4.74 Å². The Bertz CT molecular complexity index is 673. The lowest BCUT2D eigenvalue weighted by Gasteiger charge is -2.32. The zero-order valence-electron chi connectivity index (χ0n) is 14.0. The molecular weight excluding hydrogens is 306 g/mol. The first-order valence-electron chi connectivity index (χ1n) is 9.20. The highest BCUT2D eigenvalue weighted by Crippen LogP contribution is 2.30. The van der Waals surface area contributed by atoms with Crippen molar-refractivity contribution < 1.29 is 9.53 Å². The van der Waals surface area contributed by atoms with Crippen LogP contribution in [0.15, 0.2) is 10.9 Å². The number of aromatic nitrogens is 2. The highest BCUT2D eigenvalue weighted by atomic mass is 16.5. The van der Waals surface area contributed by atoms with Gasteiger partial charge in [0, 0.05) is 30.0 Å². The Labute approximate surface area is 141 Å². The Morgan fingerprint density at radius 3 is 2.71 bits per heavy atom. The second-order valence-corrected chi connectivity index (χ2v) is 7.34. The second-order valence-electron chi connectivity index (χ2n) is 7.34. The molecule has 6 nitrogen and oxygen atoms in total. The molecule has 6 heteroatoms. The predicted molar refractivity (Wildman–Crippen MR) is 88.6 cm³/mol. The monoisotopic (exact) mass is 331 g/mol. The molecule has 0 aromatic carbocycles. The van der Waals surface area contributed by atoms with Crippen molar-refractivity contribution in [3.63, 3.8) is 0 Å². The third-order valence-corrected chi connectivity index (χ3v) is 5.73. The number of nitrogens with zero attached hydrogens (tertiary/aromatic N) is 2. The Kier molecular flexibility index (Phi) is 4.39. The van der Waals surface area contributed by atoms with Gasteiger partial charge in [0.25, 0.3) is 5.56 Å². The summed E-state index contributed by atoms with van der Waals surface area (Å²) >= 11 is 0. The van der Waals surface area contributed by atoms with Crippen molar-refractivity contribution >= 4 is 5.91 Å². The molecule has 2 fully saturated rings. The molecule has 1 aromatic rings. The molecule has 3 aliphatic rings. The van der Waals surface area contributed by atoms with Gasteiger partial charge in [-0.25, -0.2) is 4.68 Å². The van der Waals surface area contributed by atoms with Gasteiger partial charge in [0.1, 0.15) is 0 Å². The van der Waals surface area contributed by atoms with Gasteiger partial charge in [0.15, 0.2) is 0 Å². The zero-order valence-corrected chi connectivity index (χ0v) is 14.0. The molecule has 0 radical (unpaired) electrons. The van der Waals surface area contributed by atoms with E-state index in [1.165, 1.54) is 6.42 Å². The average molecular weight is 331 g/mol. The van der Waals surface area contributed by atoms with Crippen LogP contribution in [0.1, 0.15) is 62.2 Å². The third kappa shape index (κ3) is 3.11. The van der Waals surface area contributed by atoms with Crippen LogP contribution >= 0.6 is 0 Å².